The number of hydrogen-bond acceptors (Lipinski definition) is 3. The van der Waals surface area contributed by atoms with E-state index in [-0.39, 0.29) is 5.97 Å². The van der Waals surface area contributed by atoms with E-state index in [9.17, 15) is 4.79 Å². The Labute approximate surface area is 131 Å². The maximum absolute atomic E-state index is 11.9. The molecule has 0 saturated heterocycles. The van der Waals surface area contributed by atoms with Crippen molar-refractivity contribution >= 4 is 5.97 Å². The molecule has 0 bridgehead atoms. The first-order chi connectivity index (χ1) is 10.6. The minimum atomic E-state index is -0.641. The molecule has 1 atom stereocenters. The quantitative estimate of drug-likeness (QED) is 0.757. The lowest BCUT2D eigenvalue weighted by Crippen LogP contribution is -2.30. The van der Waals surface area contributed by atoms with Gasteiger partial charge in [0.2, 0.25) is 0 Å². The normalized spacial score (nSPS) is 12.0. The van der Waals surface area contributed by atoms with Gasteiger partial charge < -0.3 is 9.47 Å². The van der Waals surface area contributed by atoms with Crippen LogP contribution < -0.4 is 4.74 Å². The first-order valence-corrected chi connectivity index (χ1v) is 7.48. The Morgan fingerprint density at radius 1 is 1.00 bits per heavy atom. The van der Waals surface area contributed by atoms with E-state index in [0.29, 0.717) is 18.1 Å². The molecular weight excluding hydrogens is 276 g/mol. The number of carbonyl (C=O) groups excluding carboxylic acids is 1. The average Bonchev–Trinajstić information content (AvgIpc) is 2.55. The number of esters is 1. The van der Waals surface area contributed by atoms with Crippen LogP contribution in [0.1, 0.15) is 30.9 Å². The van der Waals surface area contributed by atoms with Crippen LogP contribution in [0.25, 0.3) is 0 Å². The Morgan fingerprint density at radius 2 is 1.64 bits per heavy atom. The summed E-state index contributed by atoms with van der Waals surface area (Å²) < 4.78 is 10.7. The number of methoxy groups -OCH3 is 1. The van der Waals surface area contributed by atoms with Crippen LogP contribution in [0.2, 0.25) is 0 Å². The highest BCUT2D eigenvalue weighted by molar-refractivity contribution is 5.75. The van der Waals surface area contributed by atoms with Gasteiger partial charge in [0.15, 0.2) is 6.10 Å². The summed E-state index contributed by atoms with van der Waals surface area (Å²) in [6.07, 6.45) is -0.156. The van der Waals surface area contributed by atoms with Crippen molar-refractivity contribution in [1.82, 2.24) is 0 Å². The molecule has 2 aromatic rings. The molecule has 2 rings (SSSR count). The van der Waals surface area contributed by atoms with E-state index in [1.807, 2.05) is 54.6 Å². The fourth-order valence-electron chi connectivity index (χ4n) is 2.23. The van der Waals surface area contributed by atoms with Gasteiger partial charge in [-0.25, -0.2) is 4.79 Å². The van der Waals surface area contributed by atoms with E-state index >= 15 is 0 Å². The first kappa shape index (κ1) is 16.1. The largest absolute Gasteiger partial charge is 0.478 e. The van der Waals surface area contributed by atoms with Crippen molar-refractivity contribution in [2.45, 2.75) is 32.3 Å². The second-order valence-electron chi connectivity index (χ2n) is 5.54. The van der Waals surface area contributed by atoms with Gasteiger partial charge in [-0.1, -0.05) is 56.3 Å². The lowest BCUT2D eigenvalue weighted by atomic mass is 10.0. The number of carbonyl (C=O) groups is 1. The van der Waals surface area contributed by atoms with Crippen molar-refractivity contribution < 1.29 is 14.3 Å². The second kappa shape index (κ2) is 7.64. The summed E-state index contributed by atoms with van der Waals surface area (Å²) >= 11 is 0. The van der Waals surface area contributed by atoms with Crippen molar-refractivity contribution in [3.05, 3.63) is 65.7 Å². The van der Waals surface area contributed by atoms with Crippen molar-refractivity contribution in [2.24, 2.45) is 0 Å². The highest BCUT2D eigenvalue weighted by Crippen LogP contribution is 2.20. The number of benzene rings is 2. The number of ether oxygens (including phenoxy) is 2. The third-order valence-corrected chi connectivity index (χ3v) is 3.55. The van der Waals surface area contributed by atoms with Crippen LogP contribution >= 0.6 is 0 Å². The second-order valence-corrected chi connectivity index (χ2v) is 5.54. The summed E-state index contributed by atoms with van der Waals surface area (Å²) in [6, 6.07) is 17.6. The summed E-state index contributed by atoms with van der Waals surface area (Å²) in [4.78, 5) is 11.9. The molecule has 116 valence electrons. The third kappa shape index (κ3) is 4.35. The summed E-state index contributed by atoms with van der Waals surface area (Å²) in [5, 5.41) is 0. The highest BCUT2D eigenvalue weighted by Gasteiger charge is 2.21. The van der Waals surface area contributed by atoms with E-state index in [1.165, 1.54) is 12.7 Å². The van der Waals surface area contributed by atoms with Crippen LogP contribution in [-0.2, 0) is 16.0 Å². The molecule has 0 aromatic heterocycles. The first-order valence-electron chi connectivity index (χ1n) is 7.48. The van der Waals surface area contributed by atoms with E-state index in [0.717, 1.165) is 5.56 Å². The zero-order valence-corrected chi connectivity index (χ0v) is 13.3. The Morgan fingerprint density at radius 3 is 2.18 bits per heavy atom. The van der Waals surface area contributed by atoms with Crippen LogP contribution in [0.3, 0.4) is 0 Å². The van der Waals surface area contributed by atoms with Crippen LogP contribution in [0.4, 0.5) is 0 Å². The van der Waals surface area contributed by atoms with Gasteiger partial charge in [-0.05, 0) is 29.2 Å². The maximum atomic E-state index is 11.9. The lowest BCUT2D eigenvalue weighted by molar-refractivity contribution is -0.148. The molecule has 2 aromatic carbocycles. The van der Waals surface area contributed by atoms with Crippen LogP contribution in [-0.4, -0.2) is 19.2 Å². The van der Waals surface area contributed by atoms with Gasteiger partial charge in [0.05, 0.1) is 7.11 Å². The number of hydrogen-bond donors (Lipinski definition) is 0. The van der Waals surface area contributed by atoms with E-state index in [1.54, 1.807) is 0 Å². The number of rotatable bonds is 6. The smallest absolute Gasteiger partial charge is 0.347 e. The zero-order valence-electron chi connectivity index (χ0n) is 13.3. The van der Waals surface area contributed by atoms with Gasteiger partial charge in [0, 0.05) is 6.42 Å². The monoisotopic (exact) mass is 298 g/mol. The summed E-state index contributed by atoms with van der Waals surface area (Å²) in [6.45, 7) is 4.28. The molecule has 0 heterocycles. The molecule has 0 amide bonds. The summed E-state index contributed by atoms with van der Waals surface area (Å²) in [7, 11) is 1.38. The van der Waals surface area contributed by atoms with E-state index in [4.69, 9.17) is 9.47 Å². The minimum Gasteiger partial charge on any atom is -0.478 e. The molecule has 0 N–H and O–H groups in total. The molecule has 0 radical (unpaired) electrons. The van der Waals surface area contributed by atoms with Crippen LogP contribution in [0.15, 0.2) is 54.6 Å². The standard InChI is InChI=1S/C19H22O3/c1-14(2)16-9-11-17(12-10-16)22-18(19(20)21-3)13-15-7-5-4-6-8-15/h4-12,14,18H,13H2,1-3H3/t18-/m1/s1. The molecule has 0 aliphatic rings. The van der Waals surface area contributed by atoms with Gasteiger partial charge in [0.1, 0.15) is 5.75 Å². The molecular formula is C19H22O3. The van der Waals surface area contributed by atoms with Gasteiger partial charge in [-0.2, -0.15) is 0 Å². The van der Waals surface area contributed by atoms with Crippen molar-refractivity contribution in [2.75, 3.05) is 7.11 Å². The van der Waals surface area contributed by atoms with Gasteiger partial charge >= 0.3 is 5.97 Å². The van der Waals surface area contributed by atoms with Crippen molar-refractivity contribution in [3.8, 4) is 5.75 Å². The predicted octanol–water partition coefficient (Wildman–Crippen LogP) is 3.97. The predicted molar refractivity (Wildman–Crippen MR) is 87.1 cm³/mol. The van der Waals surface area contributed by atoms with E-state index in [2.05, 4.69) is 13.8 Å². The molecule has 0 unspecified atom stereocenters. The average molecular weight is 298 g/mol. The van der Waals surface area contributed by atoms with Crippen molar-refractivity contribution in [3.63, 3.8) is 0 Å². The Balaban J connectivity index is 2.11. The van der Waals surface area contributed by atoms with E-state index < -0.39 is 6.10 Å². The third-order valence-electron chi connectivity index (χ3n) is 3.55. The van der Waals surface area contributed by atoms with Crippen molar-refractivity contribution in [1.29, 1.82) is 0 Å². The fraction of sp³-hybridized carbons (Fsp3) is 0.316. The zero-order chi connectivity index (χ0) is 15.9. The van der Waals surface area contributed by atoms with Crippen LogP contribution in [0, 0.1) is 0 Å². The molecule has 0 aliphatic carbocycles. The fourth-order valence-corrected chi connectivity index (χ4v) is 2.23. The molecule has 0 fully saturated rings. The SMILES string of the molecule is COC(=O)[C@@H](Cc1ccccc1)Oc1ccc(C(C)C)cc1. The van der Waals surface area contributed by atoms with Gasteiger partial charge in [0.25, 0.3) is 0 Å². The topological polar surface area (TPSA) is 35.5 Å². The van der Waals surface area contributed by atoms with Gasteiger partial charge in [-0.15, -0.1) is 0 Å². The van der Waals surface area contributed by atoms with Crippen LogP contribution in [0.5, 0.6) is 5.75 Å². The Kier molecular flexibility index (Phi) is 5.59. The molecule has 3 heteroatoms. The maximum Gasteiger partial charge on any atom is 0.347 e. The highest BCUT2D eigenvalue weighted by atomic mass is 16.6. The van der Waals surface area contributed by atoms with Gasteiger partial charge in [-0.3, -0.25) is 0 Å². The molecule has 22 heavy (non-hydrogen) atoms. The minimum absolute atomic E-state index is 0.364. The molecule has 3 nitrogen and oxygen atoms in total. The summed E-state index contributed by atoms with van der Waals surface area (Å²) in [5.41, 5.74) is 2.28. The molecule has 0 spiro atoms. The molecule has 0 aliphatic heterocycles. The Hall–Kier alpha value is -2.29. The lowest BCUT2D eigenvalue weighted by Gasteiger charge is -2.17. The summed E-state index contributed by atoms with van der Waals surface area (Å²) in [5.74, 6) is 0.780. The molecule has 0 saturated carbocycles. The Bertz CT molecular complexity index is 588.